The van der Waals surface area contributed by atoms with Crippen LogP contribution in [-0.4, -0.2) is 54.5 Å². The first-order chi connectivity index (χ1) is 17.1. The predicted molar refractivity (Wildman–Crippen MR) is 132 cm³/mol. The molecule has 0 radical (unpaired) electrons. The minimum absolute atomic E-state index is 0.0127. The number of hydrogen-bond donors (Lipinski definition) is 2. The van der Waals surface area contributed by atoms with Gasteiger partial charge in [0, 0.05) is 57.1 Å². The van der Waals surface area contributed by atoms with Crippen LogP contribution in [0, 0.1) is 5.82 Å². The number of carbonyl (C=O) groups excluding carboxylic acids is 2. The molecule has 0 bridgehead atoms. The number of rotatable bonds is 8. The van der Waals surface area contributed by atoms with E-state index in [0.717, 1.165) is 18.9 Å². The lowest BCUT2D eigenvalue weighted by molar-refractivity contribution is -0.131. The summed E-state index contributed by atoms with van der Waals surface area (Å²) < 4.78 is 19.0. The highest BCUT2D eigenvalue weighted by molar-refractivity contribution is 5.89. The van der Waals surface area contributed by atoms with Crippen LogP contribution in [0.1, 0.15) is 12.0 Å². The van der Waals surface area contributed by atoms with Gasteiger partial charge in [-0.15, -0.1) is 0 Å². The highest BCUT2D eigenvalue weighted by Gasteiger charge is 2.21. The third kappa shape index (κ3) is 7.17. The fraction of sp³-hybridized carbons (Fsp3) is 0.269. The van der Waals surface area contributed by atoms with E-state index in [0.29, 0.717) is 30.1 Å². The van der Waals surface area contributed by atoms with E-state index in [1.54, 1.807) is 42.6 Å². The van der Waals surface area contributed by atoms with Gasteiger partial charge in [0.05, 0.1) is 0 Å². The van der Waals surface area contributed by atoms with Gasteiger partial charge in [-0.3, -0.25) is 4.79 Å². The van der Waals surface area contributed by atoms with Gasteiger partial charge in [0.2, 0.25) is 5.91 Å². The summed E-state index contributed by atoms with van der Waals surface area (Å²) in [7, 11) is 0. The van der Waals surface area contributed by atoms with Crippen molar-refractivity contribution in [2.45, 2.75) is 13.0 Å². The Morgan fingerprint density at radius 3 is 2.57 bits per heavy atom. The molecule has 2 aromatic carbocycles. The maximum Gasteiger partial charge on any atom is 0.319 e. The van der Waals surface area contributed by atoms with Crippen molar-refractivity contribution in [2.75, 3.05) is 42.9 Å². The SMILES string of the molecule is O=C(NCCC(=O)N1CCN(c2ccccn2)CC1)Nc1cccc(OCc2cccc(F)c2)c1. The number of nitrogens with zero attached hydrogens (tertiary/aromatic N) is 3. The number of nitrogens with one attached hydrogen (secondary N) is 2. The molecule has 8 nitrogen and oxygen atoms in total. The summed E-state index contributed by atoms with van der Waals surface area (Å²) in [6, 6.07) is 18.5. The Bertz CT molecular complexity index is 1140. The molecule has 0 unspecified atom stereocenters. The fourth-order valence-electron chi connectivity index (χ4n) is 3.80. The smallest absolute Gasteiger partial charge is 0.319 e. The molecule has 0 aliphatic carbocycles. The van der Waals surface area contributed by atoms with E-state index in [1.807, 2.05) is 23.1 Å². The number of pyridine rings is 1. The zero-order chi connectivity index (χ0) is 24.5. The van der Waals surface area contributed by atoms with Crippen LogP contribution in [-0.2, 0) is 11.4 Å². The first-order valence-electron chi connectivity index (χ1n) is 11.5. The lowest BCUT2D eigenvalue weighted by Gasteiger charge is -2.35. The van der Waals surface area contributed by atoms with Gasteiger partial charge in [0.25, 0.3) is 0 Å². The van der Waals surface area contributed by atoms with Crippen LogP contribution < -0.4 is 20.3 Å². The highest BCUT2D eigenvalue weighted by atomic mass is 19.1. The van der Waals surface area contributed by atoms with E-state index >= 15 is 0 Å². The summed E-state index contributed by atoms with van der Waals surface area (Å²) in [5, 5.41) is 5.46. The van der Waals surface area contributed by atoms with Crippen LogP contribution in [0.15, 0.2) is 72.9 Å². The highest BCUT2D eigenvalue weighted by Crippen LogP contribution is 2.19. The quantitative estimate of drug-likeness (QED) is 0.517. The predicted octanol–water partition coefficient (Wildman–Crippen LogP) is 3.66. The summed E-state index contributed by atoms with van der Waals surface area (Å²) in [5.74, 6) is 1.16. The van der Waals surface area contributed by atoms with Gasteiger partial charge in [0.1, 0.15) is 24.0 Å². The van der Waals surface area contributed by atoms with E-state index in [2.05, 4.69) is 20.5 Å². The monoisotopic (exact) mass is 477 g/mol. The first-order valence-corrected chi connectivity index (χ1v) is 11.5. The van der Waals surface area contributed by atoms with Crippen LogP contribution in [0.3, 0.4) is 0 Å². The molecular formula is C26H28FN5O3. The minimum Gasteiger partial charge on any atom is -0.489 e. The molecule has 1 aliphatic rings. The first kappa shape index (κ1) is 24.0. The third-order valence-electron chi connectivity index (χ3n) is 5.62. The van der Waals surface area contributed by atoms with E-state index in [1.165, 1.54) is 12.1 Å². The van der Waals surface area contributed by atoms with Crippen molar-refractivity contribution in [3.8, 4) is 5.75 Å². The van der Waals surface area contributed by atoms with Crippen molar-refractivity contribution in [1.82, 2.24) is 15.2 Å². The largest absolute Gasteiger partial charge is 0.489 e. The van der Waals surface area contributed by atoms with E-state index in [9.17, 15) is 14.0 Å². The Balaban J connectivity index is 1.16. The number of ether oxygens (including phenoxy) is 1. The average molecular weight is 478 g/mol. The van der Waals surface area contributed by atoms with Crippen molar-refractivity contribution in [3.05, 3.63) is 84.3 Å². The third-order valence-corrected chi connectivity index (χ3v) is 5.62. The molecule has 3 aromatic rings. The molecule has 2 N–H and O–H groups in total. The van der Waals surface area contributed by atoms with Crippen molar-refractivity contribution < 1.29 is 18.7 Å². The van der Waals surface area contributed by atoms with Crippen molar-refractivity contribution in [3.63, 3.8) is 0 Å². The van der Waals surface area contributed by atoms with Crippen molar-refractivity contribution in [1.29, 1.82) is 0 Å². The summed E-state index contributed by atoms with van der Waals surface area (Å²) in [6.45, 7) is 3.17. The molecule has 2 heterocycles. The number of carbonyl (C=O) groups is 2. The second-order valence-electron chi connectivity index (χ2n) is 8.13. The van der Waals surface area contributed by atoms with Gasteiger partial charge in [-0.05, 0) is 42.0 Å². The molecule has 1 aromatic heterocycles. The standard InChI is InChI=1S/C26H28FN5O3/c27-21-6-3-5-20(17-21)19-35-23-8-4-7-22(18-23)30-26(34)29-12-10-25(33)32-15-13-31(14-16-32)24-9-1-2-11-28-24/h1-9,11,17-18H,10,12-16,19H2,(H2,29,30,34). The maximum atomic E-state index is 13.3. The Labute approximate surface area is 203 Å². The van der Waals surface area contributed by atoms with Gasteiger partial charge < -0.3 is 25.2 Å². The molecule has 35 heavy (non-hydrogen) atoms. The molecular weight excluding hydrogens is 449 g/mol. The van der Waals surface area contributed by atoms with E-state index in [-0.39, 0.29) is 31.3 Å². The van der Waals surface area contributed by atoms with E-state index in [4.69, 9.17) is 4.74 Å². The summed E-state index contributed by atoms with van der Waals surface area (Å²) in [4.78, 5) is 33.1. The molecule has 0 spiro atoms. The van der Waals surface area contributed by atoms with Crippen molar-refractivity contribution in [2.24, 2.45) is 0 Å². The summed E-state index contributed by atoms with van der Waals surface area (Å²) >= 11 is 0. The number of benzene rings is 2. The van der Waals surface area contributed by atoms with E-state index < -0.39 is 6.03 Å². The molecule has 3 amide bonds. The Morgan fingerprint density at radius 2 is 1.80 bits per heavy atom. The van der Waals surface area contributed by atoms with Gasteiger partial charge in [-0.25, -0.2) is 14.2 Å². The number of piperazine rings is 1. The number of anilines is 2. The minimum atomic E-state index is -0.403. The van der Waals surface area contributed by atoms with Gasteiger partial charge >= 0.3 is 6.03 Å². The molecule has 4 rings (SSSR count). The number of urea groups is 1. The Kier molecular flexibility index (Phi) is 8.11. The zero-order valence-corrected chi connectivity index (χ0v) is 19.3. The van der Waals surface area contributed by atoms with Gasteiger partial charge in [-0.1, -0.05) is 24.3 Å². The zero-order valence-electron chi connectivity index (χ0n) is 19.3. The number of aromatic nitrogens is 1. The van der Waals surface area contributed by atoms with Crippen LogP contribution in [0.2, 0.25) is 0 Å². The molecule has 9 heteroatoms. The molecule has 0 saturated carbocycles. The van der Waals surface area contributed by atoms with Crippen molar-refractivity contribution >= 4 is 23.4 Å². The van der Waals surface area contributed by atoms with Crippen LogP contribution in [0.5, 0.6) is 5.75 Å². The normalized spacial score (nSPS) is 13.3. The molecule has 0 atom stereocenters. The molecule has 1 fully saturated rings. The van der Waals surface area contributed by atoms with Crippen LogP contribution >= 0.6 is 0 Å². The summed E-state index contributed by atoms with van der Waals surface area (Å²) in [5.41, 5.74) is 1.26. The molecule has 1 saturated heterocycles. The second kappa shape index (κ2) is 11.8. The lowest BCUT2D eigenvalue weighted by Crippen LogP contribution is -2.49. The lowest BCUT2D eigenvalue weighted by atomic mass is 10.2. The Morgan fingerprint density at radius 1 is 0.971 bits per heavy atom. The average Bonchev–Trinajstić information content (AvgIpc) is 2.88. The molecule has 1 aliphatic heterocycles. The fourth-order valence-corrected chi connectivity index (χ4v) is 3.80. The maximum absolute atomic E-state index is 13.3. The topological polar surface area (TPSA) is 86.8 Å². The Hall–Kier alpha value is -4.14. The number of hydrogen-bond acceptors (Lipinski definition) is 5. The molecule has 182 valence electrons. The summed E-state index contributed by atoms with van der Waals surface area (Å²) in [6.07, 6.45) is 1.99. The number of amides is 3. The van der Waals surface area contributed by atoms with Gasteiger partial charge in [-0.2, -0.15) is 0 Å². The number of halogens is 1. The van der Waals surface area contributed by atoms with Crippen LogP contribution in [0.25, 0.3) is 0 Å². The second-order valence-corrected chi connectivity index (χ2v) is 8.13. The van der Waals surface area contributed by atoms with Gasteiger partial charge in [0.15, 0.2) is 0 Å². The van der Waals surface area contributed by atoms with Crippen LogP contribution in [0.4, 0.5) is 20.7 Å².